The molecule has 0 aromatic rings. The molecule has 6 saturated heterocycles. The number of ether oxygens (including phenoxy) is 12. The summed E-state index contributed by atoms with van der Waals surface area (Å²) >= 11 is 0. The lowest BCUT2D eigenvalue weighted by Gasteiger charge is -2.67. The highest BCUT2D eigenvalue weighted by atomic mass is 16.8. The van der Waals surface area contributed by atoms with Crippen molar-refractivity contribution in [2.45, 2.75) is 446 Å². The van der Waals surface area contributed by atoms with Crippen LogP contribution in [0.4, 0.5) is 0 Å². The van der Waals surface area contributed by atoms with Crippen LogP contribution in [0.1, 0.15) is 214 Å². The fourth-order valence-electron chi connectivity index (χ4n) is 28.3. The third-order valence-electron chi connectivity index (χ3n) is 37.4. The molecule has 776 valence electrons. The van der Waals surface area contributed by atoms with E-state index in [0.717, 1.165) is 51.4 Å². The van der Waals surface area contributed by atoms with Crippen molar-refractivity contribution in [2.24, 2.45) is 90.7 Å². The largest absolute Gasteiger partial charge is 0.394 e. The molecule has 26 N–H and O–H groups in total. The molecule has 12 fully saturated rings. The van der Waals surface area contributed by atoms with E-state index in [1.165, 1.54) is 11.1 Å². The molecule has 38 heteroatoms. The second-order valence-electron chi connectivity index (χ2n) is 46.1. The van der Waals surface area contributed by atoms with Gasteiger partial charge in [-0.3, -0.25) is 0 Å². The first-order chi connectivity index (χ1) is 62.4. The van der Waals surface area contributed by atoms with Gasteiger partial charge < -0.3 is 190 Å². The lowest BCUT2D eigenvalue weighted by molar-refractivity contribution is -0.393. The molecule has 8 aliphatic carbocycles. The Morgan fingerprint density at radius 1 is 0.321 bits per heavy atom. The van der Waals surface area contributed by atoms with E-state index >= 15 is 0 Å². The van der Waals surface area contributed by atoms with E-state index in [1.54, 1.807) is 27.7 Å². The fourth-order valence-corrected chi connectivity index (χ4v) is 28.3. The minimum Gasteiger partial charge on any atom is -0.394 e. The highest BCUT2D eigenvalue weighted by molar-refractivity contribution is 5.34. The molecule has 14 rings (SSSR count). The first-order valence-electron chi connectivity index (χ1n) is 49.1. The first kappa shape index (κ1) is 109. The van der Waals surface area contributed by atoms with Crippen LogP contribution in [0.25, 0.3) is 0 Å². The van der Waals surface area contributed by atoms with Gasteiger partial charge in [0.25, 0.3) is 0 Å². The predicted octanol–water partition coefficient (Wildman–Crippen LogP) is -2.11. The average molecular weight is 1930 g/mol. The molecule has 14 aliphatic rings. The Morgan fingerprint density at radius 2 is 0.597 bits per heavy atom. The molecule has 6 saturated carbocycles. The summed E-state index contributed by atoms with van der Waals surface area (Å²) in [6, 6.07) is 0. The molecular weight excluding hydrogens is 1760 g/mol. The summed E-state index contributed by atoms with van der Waals surface area (Å²) in [5.74, 6) is 1.43. The van der Waals surface area contributed by atoms with Crippen LogP contribution in [0.15, 0.2) is 23.3 Å². The summed E-state index contributed by atoms with van der Waals surface area (Å²) in [7, 11) is 0. The molecule has 38 nitrogen and oxygen atoms in total. The average Bonchev–Trinajstić information content (AvgIpc) is 1.42. The van der Waals surface area contributed by atoms with Crippen LogP contribution in [0.5, 0.6) is 0 Å². The monoisotopic (exact) mass is 1930 g/mol. The highest BCUT2D eigenvalue weighted by Crippen LogP contribution is 2.77. The van der Waals surface area contributed by atoms with Crippen molar-refractivity contribution in [1.82, 2.24) is 0 Å². The molecule has 0 radical (unpaired) electrons. The van der Waals surface area contributed by atoms with Crippen LogP contribution in [0.3, 0.4) is 0 Å². The van der Waals surface area contributed by atoms with Crippen LogP contribution in [-0.4, -0.2) is 404 Å². The van der Waals surface area contributed by atoms with Crippen molar-refractivity contribution in [2.75, 3.05) is 39.6 Å². The fraction of sp³-hybridized carbons (Fsp3) is 0.958. The molecule has 6 unspecified atom stereocenters. The minimum absolute atomic E-state index is 0.0779. The summed E-state index contributed by atoms with van der Waals surface area (Å²) in [6.07, 6.45) is -39.1. The van der Waals surface area contributed by atoms with Crippen molar-refractivity contribution in [3.05, 3.63) is 23.3 Å². The SMILES string of the molecule is C[C@H](CC[C@@H](O[C@@H]1O[C@H](CO)[C@@H](O)[C@H](O)[C@H]1O[C@@H]1O[C@H](CO)[C@@H](O[C@@H]2O[C@H](CO)[C@@H](O)[C@H](O)[C@H]2O)[C@H](O)[C@H]1O)C(C)(C)O)C1CC[C@@]2(C)C3CC=C4C(CC[C@H](O)C4(C)C)[C@]3(C)[C@H](O)C[C@]12C.C[C@H](CC[C@@H](O[C@@H]1O[C@H](CO)[C@@H](O[C@@H]2O[C@H](CO)[C@@H](O)[C@H](O)[C@H]2O)[C@H](O)[C@H]1O[C@@H]1O[C@H](CO)[C@@H](O)[C@H](O)[C@H]1O)C(C)(C)O)C1CC[C@@]2(C)C3CC=C4C(CC[C@H](O)C4(C)C)[C@]3(C)[C@H](O)C[C@]12C. The summed E-state index contributed by atoms with van der Waals surface area (Å²) in [4.78, 5) is 0. The van der Waals surface area contributed by atoms with E-state index in [1.807, 2.05) is 0 Å². The molecule has 0 amide bonds. The van der Waals surface area contributed by atoms with E-state index in [-0.39, 0.29) is 97.1 Å². The van der Waals surface area contributed by atoms with Gasteiger partial charge in [0.1, 0.15) is 146 Å². The number of rotatable bonds is 28. The van der Waals surface area contributed by atoms with Gasteiger partial charge in [0.2, 0.25) is 0 Å². The molecule has 50 atom stereocenters. The molecule has 0 spiro atoms. The summed E-state index contributed by atoms with van der Waals surface area (Å²) in [5.41, 5.74) is -2.54. The maximum Gasteiger partial charge on any atom is 0.187 e. The van der Waals surface area contributed by atoms with Crippen LogP contribution in [0, 0.1) is 90.7 Å². The van der Waals surface area contributed by atoms with Crippen LogP contribution in [0.2, 0.25) is 0 Å². The van der Waals surface area contributed by atoms with Crippen LogP contribution >= 0.6 is 0 Å². The second kappa shape index (κ2) is 41.1. The first-order valence-corrected chi connectivity index (χ1v) is 49.1. The maximum absolute atomic E-state index is 12.4. The molecule has 0 aromatic carbocycles. The van der Waals surface area contributed by atoms with Gasteiger partial charge in [-0.15, -0.1) is 0 Å². The Balaban J connectivity index is 0.000000227. The Labute approximate surface area is 785 Å². The van der Waals surface area contributed by atoms with Crippen molar-refractivity contribution in [3.8, 4) is 0 Å². The van der Waals surface area contributed by atoms with Crippen LogP contribution in [-0.2, 0) is 56.8 Å². The van der Waals surface area contributed by atoms with Gasteiger partial charge in [-0.05, 0) is 199 Å². The Morgan fingerprint density at radius 3 is 0.925 bits per heavy atom. The van der Waals surface area contributed by atoms with Gasteiger partial charge >= 0.3 is 0 Å². The van der Waals surface area contributed by atoms with E-state index in [9.17, 15) is 133 Å². The number of fused-ring (bicyclic) bond motifs is 10. The minimum atomic E-state index is -1.99. The summed E-state index contributed by atoms with van der Waals surface area (Å²) < 4.78 is 71.2. The topological polar surface area (TPSA) is 637 Å². The standard InChI is InChI=1S/2C48H82O19/c1-21(22-15-16-46(6)28-12-10-23-24(11-13-29(52)44(23,2)3)48(28,8)30(53)17-47(22,46)7)9-14-31(45(4,5)61)65-43-40(35(57)33(55)26(19-50)63-43)67-42-38(60)36(58)39(27(20-51)64-42)66-41-37(59)34(56)32(54)25(18-49)62-41;1-21(22-15-16-46(6)28-12-10-23-24(11-13-29(52)44(23,2)3)48(28,8)30(53)17-47(22,46)7)9-14-31(45(4,5)61)65-43-40(67-42-37(59)35(57)33(55)26(19-50)63-42)38(60)39(27(20-51)64-43)66-41-36(58)34(56)32(54)25(18-49)62-41/h2*10,21-22,24-43,49-61H,9,11-20H2,1-8H3/t21-,22?,24?,25-,26-,27-,28?,29+,30-,31-,32-,33-,34+,35+,36-,37-,38-,39-,40-,41+,42+,43+,46+,47-,48+;21-,22?,24?,25-,26-,27-,28?,29+,30-,31-,32-,33-,34+,35+,36-,37-,38+,39-,40-,41+,42+,43+,46+,47-,48+/m11/s1. The second-order valence-corrected chi connectivity index (χ2v) is 46.1. The van der Waals surface area contributed by atoms with E-state index in [4.69, 9.17) is 56.8 Å². The Hall–Kier alpha value is -2.04. The van der Waals surface area contributed by atoms with Gasteiger partial charge in [-0.1, -0.05) is 106 Å². The van der Waals surface area contributed by atoms with Crippen molar-refractivity contribution >= 4 is 0 Å². The molecule has 0 bridgehead atoms. The zero-order chi connectivity index (χ0) is 99.0. The normalized spacial score (nSPS) is 51.0. The maximum atomic E-state index is 12.4. The quantitative estimate of drug-likeness (QED) is 0.0373. The number of allylic oxidation sites excluding steroid dienone is 2. The predicted molar refractivity (Wildman–Crippen MR) is 470 cm³/mol. The Bertz CT molecular complexity index is 3900. The summed E-state index contributed by atoms with van der Waals surface area (Å²) in [6.45, 7) is 28.4. The highest BCUT2D eigenvalue weighted by Gasteiger charge is 2.73. The summed E-state index contributed by atoms with van der Waals surface area (Å²) in [5, 5.41) is 282. The molecule has 6 aliphatic heterocycles. The van der Waals surface area contributed by atoms with Crippen molar-refractivity contribution in [3.63, 3.8) is 0 Å². The third-order valence-corrected chi connectivity index (χ3v) is 37.4. The van der Waals surface area contributed by atoms with Gasteiger partial charge in [0.15, 0.2) is 37.7 Å². The number of hydrogen-bond donors (Lipinski definition) is 26. The lowest BCUT2D eigenvalue weighted by atomic mass is 9.38. The number of aliphatic hydroxyl groups excluding tert-OH is 24. The van der Waals surface area contributed by atoms with Gasteiger partial charge in [0.05, 0.1) is 87.5 Å². The van der Waals surface area contributed by atoms with Crippen LogP contribution < -0.4 is 0 Å². The smallest absolute Gasteiger partial charge is 0.187 e. The Kier molecular flexibility index (Phi) is 33.5. The zero-order valence-electron chi connectivity index (χ0n) is 80.6. The van der Waals surface area contributed by atoms with Gasteiger partial charge in [0, 0.05) is 21.7 Å². The zero-order valence-corrected chi connectivity index (χ0v) is 80.6. The van der Waals surface area contributed by atoms with Gasteiger partial charge in [-0.2, -0.15) is 0 Å². The van der Waals surface area contributed by atoms with Gasteiger partial charge in [-0.25, -0.2) is 0 Å². The third kappa shape index (κ3) is 19.1. The molecule has 134 heavy (non-hydrogen) atoms. The van der Waals surface area contributed by atoms with E-state index in [0.29, 0.717) is 44.9 Å². The molecular formula is C96H164O38. The van der Waals surface area contributed by atoms with E-state index < -0.39 is 272 Å². The van der Waals surface area contributed by atoms with Crippen molar-refractivity contribution < 1.29 is 190 Å². The number of aliphatic hydroxyl groups is 26. The lowest BCUT2D eigenvalue weighted by Crippen LogP contribution is -2.67. The molecule has 6 heterocycles. The molecule has 0 aromatic heterocycles. The van der Waals surface area contributed by atoms with E-state index in [2.05, 4.69) is 95.2 Å². The van der Waals surface area contributed by atoms with Crippen molar-refractivity contribution in [1.29, 1.82) is 0 Å². The number of hydrogen-bond acceptors (Lipinski definition) is 38.